The Balaban J connectivity index is 1.20. The second kappa shape index (κ2) is 14.9. The minimum absolute atomic E-state index is 0.0588. The largest absolute Gasteiger partial charge is 0.471 e. The third-order valence-electron chi connectivity index (χ3n) is 11.0. The van der Waals surface area contributed by atoms with E-state index in [1.54, 1.807) is 13.8 Å². The van der Waals surface area contributed by atoms with E-state index in [9.17, 15) is 36.4 Å². The van der Waals surface area contributed by atoms with E-state index in [4.69, 9.17) is 4.74 Å². The summed E-state index contributed by atoms with van der Waals surface area (Å²) in [5.41, 5.74) is -0.433. The van der Waals surface area contributed by atoms with E-state index < -0.39 is 79.7 Å². The van der Waals surface area contributed by atoms with Crippen molar-refractivity contribution in [2.75, 3.05) is 6.54 Å². The molecule has 17 heteroatoms. The van der Waals surface area contributed by atoms with Gasteiger partial charge in [-0.25, -0.2) is 27.2 Å². The number of aromatic nitrogens is 2. The van der Waals surface area contributed by atoms with Crippen molar-refractivity contribution in [3.63, 3.8) is 0 Å². The van der Waals surface area contributed by atoms with Crippen molar-refractivity contribution >= 4 is 60.6 Å². The molecule has 55 heavy (non-hydrogen) atoms. The number of amides is 4. The molecule has 5 atom stereocenters. The number of carbonyl (C=O) groups excluding carboxylic acids is 4. The summed E-state index contributed by atoms with van der Waals surface area (Å²) in [4.78, 5) is 66.4. The number of fused-ring (bicyclic) bond motifs is 3. The molecule has 2 saturated carbocycles. The van der Waals surface area contributed by atoms with Crippen LogP contribution in [0.15, 0.2) is 53.0 Å². The number of nitrogens with zero attached hydrogens (tertiary/aromatic N) is 3. The van der Waals surface area contributed by atoms with Gasteiger partial charge in [0.05, 0.1) is 16.8 Å². The molecule has 3 N–H and O–H groups in total. The summed E-state index contributed by atoms with van der Waals surface area (Å²) in [6.07, 6.45) is 6.70. The molecule has 3 heterocycles. The maximum atomic E-state index is 14.5. The zero-order valence-electron chi connectivity index (χ0n) is 30.2. The minimum atomic E-state index is -4.03. The highest BCUT2D eigenvalue weighted by Gasteiger charge is 2.63. The van der Waals surface area contributed by atoms with Gasteiger partial charge in [0.1, 0.15) is 46.6 Å². The second-order valence-electron chi connectivity index (χ2n) is 15.1. The molecule has 4 amide bonds. The lowest BCUT2D eigenvalue weighted by molar-refractivity contribution is -0.141. The lowest BCUT2D eigenvalue weighted by Crippen LogP contribution is -2.58. The predicted molar refractivity (Wildman–Crippen MR) is 200 cm³/mol. The molecule has 0 spiro atoms. The lowest BCUT2D eigenvalue weighted by atomic mass is 10.0. The van der Waals surface area contributed by atoms with Gasteiger partial charge in [0.15, 0.2) is 0 Å². The average molecular weight is 844 g/mol. The lowest BCUT2D eigenvalue weighted by Gasteiger charge is -2.30. The second-order valence-corrected chi connectivity index (χ2v) is 18.2. The van der Waals surface area contributed by atoms with Crippen LogP contribution in [0.1, 0.15) is 80.8 Å². The molecule has 2 aliphatic heterocycles. The molecule has 2 aliphatic carbocycles. The number of sulfonamides is 1. The van der Waals surface area contributed by atoms with Crippen molar-refractivity contribution in [2.45, 2.75) is 100 Å². The van der Waals surface area contributed by atoms with Crippen LogP contribution in [0.5, 0.6) is 5.88 Å². The molecule has 4 aliphatic rings. The predicted octanol–water partition coefficient (Wildman–Crippen LogP) is 4.52. The first-order valence-corrected chi connectivity index (χ1v) is 20.6. The smallest absolute Gasteiger partial charge is 0.259 e. The fourth-order valence-electron chi connectivity index (χ4n) is 7.21. The van der Waals surface area contributed by atoms with Gasteiger partial charge in [0.25, 0.3) is 11.8 Å². The van der Waals surface area contributed by atoms with Crippen molar-refractivity contribution < 1.29 is 41.1 Å². The van der Waals surface area contributed by atoms with Gasteiger partial charge in [-0.1, -0.05) is 25.0 Å². The van der Waals surface area contributed by atoms with Crippen molar-refractivity contribution in [3.05, 3.63) is 75.9 Å². The monoisotopic (exact) mass is 842 g/mol. The summed E-state index contributed by atoms with van der Waals surface area (Å²) in [6, 6.07) is 5.08. The van der Waals surface area contributed by atoms with Crippen LogP contribution in [0.25, 0.3) is 11.0 Å². The van der Waals surface area contributed by atoms with Gasteiger partial charge >= 0.3 is 0 Å². The summed E-state index contributed by atoms with van der Waals surface area (Å²) in [6.45, 7) is 3.09. The fourth-order valence-corrected chi connectivity index (χ4v) is 9.04. The standard InChI is InChI=1S/C38H41BrF2N6O7S/c1-21-34(44-29-17-25(41)16-27(39)31(29)42-21)54-26-18-30-33(49)45-38(36(51)46-55(52,53)37(2)14-15-37)19-23(38)8-6-4-3-5-7-9-28(35(50)47(30)20-26)43-32(48)22-10-12-24(40)13-11-22/h6,8,10-13,16-17,23,26,28,30H,3-5,7,9,14-15,18-20H2,1-2H3,(H,43,48)(H,45,49)(H,46,51)/b8-6-/t23-,26-,28+,30+,38-/m1/s1. The zero-order chi connectivity index (χ0) is 39.3. The molecule has 13 nitrogen and oxygen atoms in total. The van der Waals surface area contributed by atoms with Crippen LogP contribution in [-0.2, 0) is 24.4 Å². The molecule has 3 aromatic rings. The highest BCUT2D eigenvalue weighted by molar-refractivity contribution is 9.10. The Morgan fingerprint density at radius 3 is 2.53 bits per heavy atom. The number of benzene rings is 2. The molecular formula is C38H41BrF2N6O7S. The molecule has 0 radical (unpaired) electrons. The number of aryl methyl sites for hydroxylation is 1. The molecule has 3 fully saturated rings. The normalized spacial score (nSPS) is 27.1. The van der Waals surface area contributed by atoms with Gasteiger partial charge in [-0.15, -0.1) is 0 Å². The van der Waals surface area contributed by atoms with E-state index >= 15 is 0 Å². The molecule has 0 unspecified atom stereocenters. The van der Waals surface area contributed by atoms with Crippen LogP contribution in [0.2, 0.25) is 0 Å². The summed E-state index contributed by atoms with van der Waals surface area (Å²) in [7, 11) is -4.03. The van der Waals surface area contributed by atoms with Crippen molar-refractivity contribution in [1.29, 1.82) is 0 Å². The number of allylic oxidation sites excluding steroid dienone is 1. The highest BCUT2D eigenvalue weighted by Crippen LogP contribution is 2.47. The third-order valence-corrected chi connectivity index (χ3v) is 13.7. The number of hydrogen-bond acceptors (Lipinski definition) is 9. The van der Waals surface area contributed by atoms with E-state index in [1.807, 2.05) is 12.2 Å². The van der Waals surface area contributed by atoms with Gasteiger partial charge in [-0.2, -0.15) is 0 Å². The number of rotatable bonds is 7. The van der Waals surface area contributed by atoms with Gasteiger partial charge in [-0.05, 0) is 98.6 Å². The first-order chi connectivity index (χ1) is 26.1. The van der Waals surface area contributed by atoms with Crippen LogP contribution in [0.3, 0.4) is 0 Å². The van der Waals surface area contributed by atoms with Gasteiger partial charge < -0.3 is 20.3 Å². The quantitative estimate of drug-likeness (QED) is 0.289. The zero-order valence-corrected chi connectivity index (χ0v) is 32.6. The van der Waals surface area contributed by atoms with Crippen LogP contribution in [-0.4, -0.2) is 81.9 Å². The number of hydrogen-bond donors (Lipinski definition) is 3. The van der Waals surface area contributed by atoms with E-state index in [-0.39, 0.29) is 42.8 Å². The van der Waals surface area contributed by atoms with Gasteiger partial charge in [0, 0.05) is 28.4 Å². The summed E-state index contributed by atoms with van der Waals surface area (Å²) in [5.74, 6) is -4.22. The van der Waals surface area contributed by atoms with Crippen molar-refractivity contribution in [3.8, 4) is 5.88 Å². The SMILES string of the molecule is Cc1nc2c(Br)cc(F)cc2nc1O[C@@H]1C[C@H]2C(=O)N[C@]3(C(=O)NS(=O)(=O)C4(C)CC4)C[C@H]3/C=C\CCCCC[C@H](NC(=O)c3ccc(F)cc3)C(=O)N2C1. The van der Waals surface area contributed by atoms with Crippen molar-refractivity contribution in [1.82, 2.24) is 30.2 Å². The fraction of sp³-hybridized carbons (Fsp3) is 0.474. The number of nitrogens with one attached hydrogen (secondary N) is 3. The Kier molecular flexibility index (Phi) is 10.5. The molecule has 1 saturated heterocycles. The summed E-state index contributed by atoms with van der Waals surface area (Å²) in [5, 5.41) is 5.61. The summed E-state index contributed by atoms with van der Waals surface area (Å²) >= 11 is 3.31. The Bertz CT molecular complexity index is 2200. The maximum Gasteiger partial charge on any atom is 0.259 e. The van der Waals surface area contributed by atoms with Gasteiger partial charge in [-0.3, -0.25) is 23.9 Å². The molecule has 0 bridgehead atoms. The topological polar surface area (TPSA) is 177 Å². The van der Waals surface area contributed by atoms with E-state index in [2.05, 4.69) is 41.3 Å². The Hall–Kier alpha value is -4.51. The maximum absolute atomic E-state index is 14.5. The minimum Gasteiger partial charge on any atom is -0.471 e. The Labute approximate surface area is 325 Å². The Morgan fingerprint density at radius 1 is 1.05 bits per heavy atom. The van der Waals surface area contributed by atoms with Crippen LogP contribution < -0.4 is 20.1 Å². The number of halogens is 3. The first-order valence-electron chi connectivity index (χ1n) is 18.3. The van der Waals surface area contributed by atoms with Crippen LogP contribution in [0, 0.1) is 24.5 Å². The summed E-state index contributed by atoms with van der Waals surface area (Å²) < 4.78 is 62.0. The van der Waals surface area contributed by atoms with Crippen LogP contribution >= 0.6 is 15.9 Å². The Morgan fingerprint density at radius 2 is 1.80 bits per heavy atom. The third kappa shape index (κ3) is 7.95. The first kappa shape index (κ1) is 38.8. The van der Waals surface area contributed by atoms with Gasteiger partial charge in [0.2, 0.25) is 27.7 Å². The van der Waals surface area contributed by atoms with Crippen LogP contribution in [0.4, 0.5) is 8.78 Å². The number of carbonyl (C=O) groups is 4. The molecule has 2 aromatic carbocycles. The molecular weight excluding hydrogens is 802 g/mol. The van der Waals surface area contributed by atoms with E-state index in [1.165, 1.54) is 29.2 Å². The molecule has 7 rings (SSSR count). The van der Waals surface area contributed by atoms with E-state index in [0.29, 0.717) is 47.8 Å². The van der Waals surface area contributed by atoms with Crippen molar-refractivity contribution in [2.24, 2.45) is 5.92 Å². The van der Waals surface area contributed by atoms with E-state index in [0.717, 1.165) is 18.6 Å². The average Bonchev–Trinajstić information content (AvgIpc) is 4.01. The molecule has 292 valence electrons. The highest BCUT2D eigenvalue weighted by atomic mass is 79.9. The molecule has 1 aromatic heterocycles. The number of ether oxygens (including phenoxy) is 1.